The van der Waals surface area contributed by atoms with Crippen molar-refractivity contribution in [2.45, 2.75) is 37.5 Å². The van der Waals surface area contributed by atoms with Gasteiger partial charge in [-0.3, -0.25) is 4.55 Å². The van der Waals surface area contributed by atoms with E-state index < -0.39 is 10.1 Å². The van der Waals surface area contributed by atoms with Gasteiger partial charge in [0.05, 0.1) is 4.90 Å². The van der Waals surface area contributed by atoms with Crippen LogP contribution in [-0.4, -0.2) is 13.0 Å². The van der Waals surface area contributed by atoms with E-state index in [9.17, 15) is 8.42 Å². The first-order valence-corrected chi connectivity index (χ1v) is 7.95. The van der Waals surface area contributed by atoms with E-state index in [0.29, 0.717) is 0 Å². The van der Waals surface area contributed by atoms with Crippen molar-refractivity contribution in [3.63, 3.8) is 0 Å². The average molecular weight is 278 g/mol. The van der Waals surface area contributed by atoms with Crippen molar-refractivity contribution in [3.8, 4) is 0 Å². The number of fused-ring (bicyclic) bond motifs is 1. The molecule has 0 saturated carbocycles. The Kier molecular flexibility index (Phi) is 4.22. The molecule has 1 N–H and O–H groups in total. The maximum atomic E-state index is 11.1. The van der Waals surface area contributed by atoms with Gasteiger partial charge in [-0.1, -0.05) is 44.0 Å². The Balaban J connectivity index is 2.34. The van der Waals surface area contributed by atoms with Crippen LogP contribution in [0.25, 0.3) is 10.8 Å². The van der Waals surface area contributed by atoms with Crippen molar-refractivity contribution in [1.82, 2.24) is 0 Å². The topological polar surface area (TPSA) is 54.4 Å². The highest BCUT2D eigenvalue weighted by Crippen LogP contribution is 2.21. The third kappa shape index (κ3) is 3.55. The predicted molar refractivity (Wildman–Crippen MR) is 77.0 cm³/mol. The Morgan fingerprint density at radius 3 is 2.42 bits per heavy atom. The Morgan fingerprint density at radius 1 is 1.00 bits per heavy atom. The van der Waals surface area contributed by atoms with Crippen LogP contribution in [0.15, 0.2) is 41.3 Å². The van der Waals surface area contributed by atoms with Crippen molar-refractivity contribution in [2.24, 2.45) is 0 Å². The SMILES string of the molecule is CCCCCc1ccc2ccc(S(=O)(=O)O)cc2c1. The van der Waals surface area contributed by atoms with E-state index in [1.807, 2.05) is 12.1 Å². The molecule has 0 amide bonds. The van der Waals surface area contributed by atoms with Gasteiger partial charge in [-0.2, -0.15) is 8.42 Å². The molecular formula is C15H18O3S. The molecule has 0 radical (unpaired) electrons. The number of hydrogen-bond acceptors (Lipinski definition) is 2. The largest absolute Gasteiger partial charge is 0.294 e. The lowest BCUT2D eigenvalue weighted by atomic mass is 10.0. The van der Waals surface area contributed by atoms with E-state index in [1.165, 1.54) is 30.5 Å². The number of hydrogen-bond donors (Lipinski definition) is 1. The van der Waals surface area contributed by atoms with Gasteiger partial charge in [-0.25, -0.2) is 0 Å². The molecule has 3 nitrogen and oxygen atoms in total. The first kappa shape index (κ1) is 14.0. The van der Waals surface area contributed by atoms with Crippen LogP contribution in [0.2, 0.25) is 0 Å². The summed E-state index contributed by atoms with van der Waals surface area (Å²) in [5, 5.41) is 1.83. The van der Waals surface area contributed by atoms with Crippen molar-refractivity contribution in [2.75, 3.05) is 0 Å². The van der Waals surface area contributed by atoms with Gasteiger partial charge in [0, 0.05) is 0 Å². The molecule has 0 atom stereocenters. The Labute approximate surface area is 114 Å². The summed E-state index contributed by atoms with van der Waals surface area (Å²) in [6.45, 7) is 2.17. The summed E-state index contributed by atoms with van der Waals surface area (Å²) in [7, 11) is -4.13. The molecule has 0 saturated heterocycles. The van der Waals surface area contributed by atoms with E-state index >= 15 is 0 Å². The zero-order valence-corrected chi connectivity index (χ0v) is 11.8. The minimum Gasteiger partial charge on any atom is -0.282 e. The molecular weight excluding hydrogens is 260 g/mol. The molecule has 0 aliphatic rings. The molecule has 0 spiro atoms. The normalized spacial score (nSPS) is 11.9. The van der Waals surface area contributed by atoms with Gasteiger partial charge >= 0.3 is 0 Å². The van der Waals surface area contributed by atoms with Crippen molar-refractivity contribution in [1.29, 1.82) is 0 Å². The molecule has 0 aromatic heterocycles. The zero-order chi connectivity index (χ0) is 13.9. The van der Waals surface area contributed by atoms with Gasteiger partial charge in [0.2, 0.25) is 0 Å². The summed E-state index contributed by atoms with van der Waals surface area (Å²) in [5.41, 5.74) is 1.20. The smallest absolute Gasteiger partial charge is 0.282 e. The van der Waals surface area contributed by atoms with Crippen molar-refractivity contribution < 1.29 is 13.0 Å². The van der Waals surface area contributed by atoms with E-state index in [1.54, 1.807) is 6.07 Å². The highest BCUT2D eigenvalue weighted by molar-refractivity contribution is 7.85. The number of unbranched alkanes of at least 4 members (excludes halogenated alkanes) is 2. The Bertz CT molecular complexity index is 675. The van der Waals surface area contributed by atoms with Crippen LogP contribution in [0.3, 0.4) is 0 Å². The number of benzene rings is 2. The summed E-state index contributed by atoms with van der Waals surface area (Å²) < 4.78 is 31.3. The lowest BCUT2D eigenvalue weighted by Gasteiger charge is -2.05. The minimum absolute atomic E-state index is 0.0503. The summed E-state index contributed by atoms with van der Waals surface area (Å²) in [6.07, 6.45) is 4.52. The van der Waals surface area contributed by atoms with Crippen molar-refractivity contribution >= 4 is 20.9 Å². The van der Waals surface area contributed by atoms with Gasteiger partial charge in [0.25, 0.3) is 10.1 Å². The molecule has 4 heteroatoms. The summed E-state index contributed by atoms with van der Waals surface area (Å²) in [6, 6.07) is 10.7. The molecule has 0 heterocycles. The van der Waals surface area contributed by atoms with E-state index in [4.69, 9.17) is 4.55 Å². The molecule has 102 valence electrons. The Hall–Kier alpha value is -1.39. The van der Waals surface area contributed by atoms with Crippen LogP contribution in [0, 0.1) is 0 Å². The third-order valence-corrected chi connectivity index (χ3v) is 4.09. The summed E-state index contributed by atoms with van der Waals surface area (Å²) in [5.74, 6) is 0. The molecule has 0 fully saturated rings. The summed E-state index contributed by atoms with van der Waals surface area (Å²) >= 11 is 0. The molecule has 0 aliphatic heterocycles. The van der Waals surface area contributed by atoms with Gasteiger partial charge in [-0.05, 0) is 41.3 Å². The van der Waals surface area contributed by atoms with Crippen LogP contribution in [0.5, 0.6) is 0 Å². The molecule has 0 bridgehead atoms. The maximum Gasteiger partial charge on any atom is 0.294 e. The maximum absolute atomic E-state index is 11.1. The Morgan fingerprint density at radius 2 is 1.74 bits per heavy atom. The number of rotatable bonds is 5. The molecule has 19 heavy (non-hydrogen) atoms. The first-order valence-electron chi connectivity index (χ1n) is 6.51. The van der Waals surface area contributed by atoms with Gasteiger partial charge < -0.3 is 0 Å². The lowest BCUT2D eigenvalue weighted by molar-refractivity contribution is 0.483. The lowest BCUT2D eigenvalue weighted by Crippen LogP contribution is -1.97. The fraction of sp³-hybridized carbons (Fsp3) is 0.333. The number of aryl methyl sites for hydroxylation is 1. The van der Waals surface area contributed by atoms with E-state index in [0.717, 1.165) is 23.6 Å². The quantitative estimate of drug-likeness (QED) is 0.668. The van der Waals surface area contributed by atoms with E-state index in [2.05, 4.69) is 13.0 Å². The van der Waals surface area contributed by atoms with Crippen LogP contribution in [0.1, 0.15) is 31.7 Å². The van der Waals surface area contributed by atoms with Gasteiger partial charge in [0.15, 0.2) is 0 Å². The van der Waals surface area contributed by atoms with E-state index in [-0.39, 0.29) is 4.90 Å². The monoisotopic (exact) mass is 278 g/mol. The second-order valence-corrected chi connectivity index (χ2v) is 6.20. The minimum atomic E-state index is -4.13. The standard InChI is InChI=1S/C15H18O3S/c1-2-3-4-5-12-6-7-13-8-9-15(19(16,17)18)11-14(13)10-12/h6-11H,2-5H2,1H3,(H,16,17,18). The zero-order valence-electron chi connectivity index (χ0n) is 11.0. The summed E-state index contributed by atoms with van der Waals surface area (Å²) in [4.78, 5) is -0.0503. The fourth-order valence-electron chi connectivity index (χ4n) is 2.17. The average Bonchev–Trinajstić information content (AvgIpc) is 2.37. The molecule has 2 rings (SSSR count). The fourth-order valence-corrected chi connectivity index (χ4v) is 2.69. The van der Waals surface area contributed by atoms with Gasteiger partial charge in [-0.15, -0.1) is 0 Å². The second-order valence-electron chi connectivity index (χ2n) is 4.78. The molecule has 2 aromatic carbocycles. The van der Waals surface area contributed by atoms with Crippen LogP contribution >= 0.6 is 0 Å². The second kappa shape index (κ2) is 5.72. The van der Waals surface area contributed by atoms with Crippen molar-refractivity contribution in [3.05, 3.63) is 42.0 Å². The van der Waals surface area contributed by atoms with Gasteiger partial charge in [0.1, 0.15) is 0 Å². The molecule has 0 aliphatic carbocycles. The van der Waals surface area contributed by atoms with Crippen LogP contribution in [-0.2, 0) is 16.5 Å². The van der Waals surface area contributed by atoms with Crippen LogP contribution < -0.4 is 0 Å². The molecule has 0 unspecified atom stereocenters. The first-order chi connectivity index (χ1) is 9.00. The third-order valence-electron chi connectivity index (χ3n) is 3.24. The highest BCUT2D eigenvalue weighted by atomic mass is 32.2. The highest BCUT2D eigenvalue weighted by Gasteiger charge is 2.09. The predicted octanol–water partition coefficient (Wildman–Crippen LogP) is 3.82. The molecule has 2 aromatic rings. The van der Waals surface area contributed by atoms with Crippen LogP contribution in [0.4, 0.5) is 0 Å².